The quantitative estimate of drug-likeness (QED) is 0.781. The van der Waals surface area contributed by atoms with E-state index in [9.17, 15) is 0 Å². The Balaban J connectivity index is 2.38. The van der Waals surface area contributed by atoms with Crippen LogP contribution in [0.1, 0.15) is 31.9 Å². The maximum atomic E-state index is 6.31. The molecule has 0 aliphatic rings. The lowest BCUT2D eigenvalue weighted by Gasteiger charge is -2.23. The Morgan fingerprint density at radius 2 is 1.76 bits per heavy atom. The molecule has 0 radical (unpaired) electrons. The second kappa shape index (κ2) is 6.04. The zero-order valence-corrected chi connectivity index (χ0v) is 14.0. The van der Waals surface area contributed by atoms with Crippen molar-refractivity contribution in [3.8, 4) is 0 Å². The van der Waals surface area contributed by atoms with Crippen molar-refractivity contribution in [3.05, 3.63) is 58.6 Å². The first-order valence-corrected chi connectivity index (χ1v) is 7.53. The molecule has 0 aliphatic carbocycles. The summed E-state index contributed by atoms with van der Waals surface area (Å²) in [6.45, 7) is 6.56. The highest BCUT2D eigenvalue weighted by molar-refractivity contribution is 7.80. The molecule has 0 spiro atoms. The molecule has 0 unspecified atom stereocenters. The van der Waals surface area contributed by atoms with Crippen LogP contribution in [0.15, 0.2) is 42.5 Å². The van der Waals surface area contributed by atoms with Crippen molar-refractivity contribution >= 4 is 40.2 Å². The molecule has 0 aromatic heterocycles. The molecule has 2 nitrogen and oxygen atoms in total. The summed E-state index contributed by atoms with van der Waals surface area (Å²) in [6, 6.07) is 13.8. The van der Waals surface area contributed by atoms with E-state index in [-0.39, 0.29) is 5.41 Å². The number of benzene rings is 2. The summed E-state index contributed by atoms with van der Waals surface area (Å²) in [7, 11) is 0. The molecule has 0 bridgehead atoms. The zero-order valence-electron chi connectivity index (χ0n) is 12.4. The van der Waals surface area contributed by atoms with Crippen LogP contribution in [-0.2, 0) is 5.41 Å². The zero-order chi connectivity index (χ0) is 15.6. The largest absolute Gasteiger partial charge is 0.389 e. The first-order chi connectivity index (χ1) is 9.79. The highest BCUT2D eigenvalue weighted by Gasteiger charge is 2.17. The van der Waals surface area contributed by atoms with Gasteiger partial charge in [0.25, 0.3) is 0 Å². The van der Waals surface area contributed by atoms with Gasteiger partial charge in [-0.05, 0) is 35.2 Å². The number of para-hydroxylation sites is 1. The third-order valence-corrected chi connectivity index (χ3v) is 3.81. The Bertz CT molecular complexity index is 675. The minimum Gasteiger partial charge on any atom is -0.389 e. The standard InChI is InChI=1S/C17H19ClN2S/c1-17(2,3)12-6-4-5-7-14(12)20-15-9-8-11(16(19)21)10-13(15)18/h4-10,20H,1-3H3,(H2,19,21). The molecule has 0 atom stereocenters. The minimum absolute atomic E-state index is 0.0504. The highest BCUT2D eigenvalue weighted by atomic mass is 35.5. The summed E-state index contributed by atoms with van der Waals surface area (Å²) in [5.41, 5.74) is 9.57. The Morgan fingerprint density at radius 3 is 2.33 bits per heavy atom. The molecule has 110 valence electrons. The van der Waals surface area contributed by atoms with Gasteiger partial charge in [0, 0.05) is 11.3 Å². The van der Waals surface area contributed by atoms with Crippen LogP contribution in [0.4, 0.5) is 11.4 Å². The third kappa shape index (κ3) is 3.74. The average molecular weight is 319 g/mol. The normalized spacial score (nSPS) is 11.2. The maximum Gasteiger partial charge on any atom is 0.104 e. The molecule has 0 saturated carbocycles. The van der Waals surface area contributed by atoms with E-state index < -0.39 is 0 Å². The SMILES string of the molecule is CC(C)(C)c1ccccc1Nc1ccc(C(N)=S)cc1Cl. The van der Waals surface area contributed by atoms with Gasteiger partial charge in [0.15, 0.2) is 0 Å². The molecular formula is C17H19ClN2S. The van der Waals surface area contributed by atoms with Crippen molar-refractivity contribution < 1.29 is 0 Å². The fourth-order valence-corrected chi connectivity index (χ4v) is 2.52. The predicted molar refractivity (Wildman–Crippen MR) is 95.8 cm³/mol. The van der Waals surface area contributed by atoms with Crippen LogP contribution in [0, 0.1) is 0 Å². The van der Waals surface area contributed by atoms with Crippen molar-refractivity contribution in [1.82, 2.24) is 0 Å². The smallest absolute Gasteiger partial charge is 0.104 e. The second-order valence-corrected chi connectivity index (χ2v) is 6.83. The minimum atomic E-state index is 0.0504. The van der Waals surface area contributed by atoms with Crippen LogP contribution >= 0.6 is 23.8 Å². The number of halogens is 1. The molecule has 0 amide bonds. The number of thiocarbonyl (C=S) groups is 1. The van der Waals surface area contributed by atoms with Gasteiger partial charge >= 0.3 is 0 Å². The Morgan fingerprint density at radius 1 is 1.10 bits per heavy atom. The molecule has 0 fully saturated rings. The van der Waals surface area contributed by atoms with Crippen LogP contribution in [0.25, 0.3) is 0 Å². The van der Waals surface area contributed by atoms with E-state index in [1.807, 2.05) is 24.3 Å². The lowest BCUT2D eigenvalue weighted by molar-refractivity contribution is 0.592. The Hall–Kier alpha value is -1.58. The van der Waals surface area contributed by atoms with E-state index >= 15 is 0 Å². The maximum absolute atomic E-state index is 6.31. The van der Waals surface area contributed by atoms with Gasteiger partial charge < -0.3 is 11.1 Å². The van der Waals surface area contributed by atoms with Gasteiger partial charge in [0.2, 0.25) is 0 Å². The Labute approximate surface area is 136 Å². The van der Waals surface area contributed by atoms with Crippen LogP contribution in [0.2, 0.25) is 5.02 Å². The number of rotatable bonds is 3. The average Bonchev–Trinajstić information content (AvgIpc) is 2.40. The lowest BCUT2D eigenvalue weighted by atomic mass is 9.86. The highest BCUT2D eigenvalue weighted by Crippen LogP contribution is 2.33. The molecule has 2 rings (SSSR count). The van der Waals surface area contributed by atoms with Crippen molar-refractivity contribution in [3.63, 3.8) is 0 Å². The molecule has 21 heavy (non-hydrogen) atoms. The first kappa shape index (κ1) is 15.8. The number of nitrogens with one attached hydrogen (secondary N) is 1. The van der Waals surface area contributed by atoms with Gasteiger partial charge in [-0.3, -0.25) is 0 Å². The number of hydrogen-bond acceptors (Lipinski definition) is 2. The summed E-state index contributed by atoms with van der Waals surface area (Å²) < 4.78 is 0. The lowest BCUT2D eigenvalue weighted by Crippen LogP contribution is -2.13. The number of nitrogens with two attached hydrogens (primary N) is 1. The second-order valence-electron chi connectivity index (χ2n) is 5.98. The van der Waals surface area contributed by atoms with Crippen LogP contribution in [0.3, 0.4) is 0 Å². The van der Waals surface area contributed by atoms with E-state index in [2.05, 4.69) is 38.2 Å². The van der Waals surface area contributed by atoms with E-state index in [0.717, 1.165) is 16.9 Å². The molecule has 3 N–H and O–H groups in total. The van der Waals surface area contributed by atoms with Crippen LogP contribution in [0.5, 0.6) is 0 Å². The van der Waals surface area contributed by atoms with Crippen LogP contribution in [-0.4, -0.2) is 4.99 Å². The number of hydrogen-bond donors (Lipinski definition) is 2. The topological polar surface area (TPSA) is 38.0 Å². The fourth-order valence-electron chi connectivity index (χ4n) is 2.16. The summed E-state index contributed by atoms with van der Waals surface area (Å²) >= 11 is 11.3. The van der Waals surface area contributed by atoms with E-state index in [4.69, 9.17) is 29.6 Å². The monoisotopic (exact) mass is 318 g/mol. The molecule has 0 heterocycles. The van der Waals surface area contributed by atoms with Crippen LogP contribution < -0.4 is 11.1 Å². The number of anilines is 2. The van der Waals surface area contributed by atoms with Gasteiger partial charge in [0.1, 0.15) is 4.99 Å². The molecule has 0 aliphatic heterocycles. The molecule has 2 aromatic rings. The van der Waals surface area contributed by atoms with Crippen molar-refractivity contribution in [1.29, 1.82) is 0 Å². The Kier molecular flexibility index (Phi) is 4.55. The molecular weight excluding hydrogens is 300 g/mol. The van der Waals surface area contributed by atoms with Gasteiger partial charge in [-0.1, -0.05) is 62.8 Å². The molecule has 2 aromatic carbocycles. The third-order valence-electron chi connectivity index (χ3n) is 3.26. The predicted octanol–water partition coefficient (Wildman–Crippen LogP) is 5.02. The van der Waals surface area contributed by atoms with Crippen molar-refractivity contribution in [2.75, 3.05) is 5.32 Å². The van der Waals surface area contributed by atoms with Gasteiger partial charge in [-0.2, -0.15) is 0 Å². The van der Waals surface area contributed by atoms with E-state index in [1.54, 1.807) is 6.07 Å². The van der Waals surface area contributed by atoms with Gasteiger partial charge in [-0.15, -0.1) is 0 Å². The molecule has 0 saturated heterocycles. The fraction of sp³-hybridized carbons (Fsp3) is 0.235. The molecule has 4 heteroatoms. The summed E-state index contributed by atoms with van der Waals surface area (Å²) in [5, 5.41) is 4.00. The summed E-state index contributed by atoms with van der Waals surface area (Å²) in [5.74, 6) is 0. The van der Waals surface area contributed by atoms with Gasteiger partial charge in [-0.25, -0.2) is 0 Å². The summed E-state index contributed by atoms with van der Waals surface area (Å²) in [6.07, 6.45) is 0. The van der Waals surface area contributed by atoms with E-state index in [0.29, 0.717) is 10.0 Å². The first-order valence-electron chi connectivity index (χ1n) is 6.75. The van der Waals surface area contributed by atoms with Crippen molar-refractivity contribution in [2.24, 2.45) is 5.73 Å². The van der Waals surface area contributed by atoms with Gasteiger partial charge in [0.05, 0.1) is 10.7 Å². The van der Waals surface area contributed by atoms with E-state index in [1.165, 1.54) is 5.56 Å². The summed E-state index contributed by atoms with van der Waals surface area (Å²) in [4.78, 5) is 0.346. The van der Waals surface area contributed by atoms with Crippen molar-refractivity contribution in [2.45, 2.75) is 26.2 Å².